The van der Waals surface area contributed by atoms with Gasteiger partial charge in [-0.05, 0) is 81.3 Å². The van der Waals surface area contributed by atoms with Crippen molar-refractivity contribution in [2.45, 2.75) is 66.6 Å². The fourth-order valence-corrected chi connectivity index (χ4v) is 11.0. The first-order valence-electron chi connectivity index (χ1n) is 10.2. The minimum Gasteiger partial charge on any atom is -0.0690 e. The Balaban J connectivity index is 1.91. The molecule has 0 fully saturated rings. The number of hydrogen-bond acceptors (Lipinski definition) is 0. The molecule has 0 bridgehead atoms. The molecule has 0 aliphatic heterocycles. The molecule has 1 atom stereocenters. The van der Waals surface area contributed by atoms with E-state index in [1.54, 1.807) is 33.0 Å². The maximum Gasteiger partial charge on any atom is 0.0930 e. The molecule has 0 N–H and O–H groups in total. The van der Waals surface area contributed by atoms with Crippen LogP contribution in [0.25, 0.3) is 11.3 Å². The first kappa shape index (κ1) is 18.5. The quantitative estimate of drug-likeness (QED) is 0.487. The van der Waals surface area contributed by atoms with E-state index in [-0.39, 0.29) is 0 Å². The molecule has 0 nitrogen and oxygen atoms in total. The van der Waals surface area contributed by atoms with Gasteiger partial charge < -0.3 is 0 Å². The molecule has 4 rings (SSSR count). The van der Waals surface area contributed by atoms with Gasteiger partial charge in [0, 0.05) is 5.54 Å². The zero-order valence-corrected chi connectivity index (χ0v) is 19.2. The maximum absolute atomic E-state index is 2.61. The van der Waals surface area contributed by atoms with Gasteiger partial charge in [-0.2, -0.15) is 0 Å². The zero-order chi connectivity index (χ0) is 19.7. The summed E-state index contributed by atoms with van der Waals surface area (Å²) in [6.45, 7) is 19.0. The molecule has 0 amide bonds. The molecule has 0 spiro atoms. The summed E-state index contributed by atoms with van der Waals surface area (Å²) in [4.78, 5) is 0. The molecular weight excluding hydrogens is 340 g/mol. The Labute approximate surface area is 166 Å². The second-order valence-corrected chi connectivity index (χ2v) is 14.1. The number of rotatable bonds is 2. The molecule has 0 saturated heterocycles. The number of aryl methyl sites for hydroxylation is 4. The molecule has 0 heterocycles. The Hall–Kier alpha value is -1.86. The van der Waals surface area contributed by atoms with Gasteiger partial charge in [-0.3, -0.25) is 0 Å². The van der Waals surface area contributed by atoms with Crippen LogP contribution in [0.4, 0.5) is 0 Å². The Morgan fingerprint density at radius 2 is 1.44 bits per heavy atom. The largest absolute Gasteiger partial charge is 0.0930 e. The SMILES string of the molecule is CC1=Cc2cc(C)cc(C)c2C1[Si](C)(C)C1=C(C)Cc2cc(C)cc(C)c21. The molecular formula is C26H32Si. The van der Waals surface area contributed by atoms with E-state index in [1.807, 2.05) is 0 Å². The van der Waals surface area contributed by atoms with Crippen molar-refractivity contribution in [3.8, 4) is 0 Å². The first-order chi connectivity index (χ1) is 12.6. The van der Waals surface area contributed by atoms with Crippen molar-refractivity contribution in [2.24, 2.45) is 0 Å². The molecule has 140 valence electrons. The van der Waals surface area contributed by atoms with Crippen LogP contribution in [-0.2, 0) is 6.42 Å². The van der Waals surface area contributed by atoms with Crippen molar-refractivity contribution in [1.29, 1.82) is 0 Å². The van der Waals surface area contributed by atoms with E-state index in [2.05, 4.69) is 85.0 Å². The highest BCUT2D eigenvalue weighted by Gasteiger charge is 2.44. The van der Waals surface area contributed by atoms with Crippen molar-refractivity contribution < 1.29 is 0 Å². The summed E-state index contributed by atoms with van der Waals surface area (Å²) < 4.78 is 0. The number of allylic oxidation sites excluding steroid dienone is 2. The van der Waals surface area contributed by atoms with E-state index in [0.717, 1.165) is 6.42 Å². The monoisotopic (exact) mass is 372 g/mol. The molecule has 2 aliphatic rings. The second kappa shape index (κ2) is 6.07. The standard InChI is InChI=1S/C26H32Si/c1-15-9-17(3)23-21(11-15)13-19(5)25(23)27(7,8)26-20(6)14-22-12-16(2)10-18(4)24(22)26/h9-13,25H,14H2,1-8H3. The minimum absolute atomic E-state index is 0.588. The molecule has 0 saturated carbocycles. The number of hydrogen-bond donors (Lipinski definition) is 0. The predicted molar refractivity (Wildman–Crippen MR) is 122 cm³/mol. The summed E-state index contributed by atoms with van der Waals surface area (Å²) in [6, 6.07) is 9.56. The lowest BCUT2D eigenvalue weighted by Gasteiger charge is -2.36. The summed E-state index contributed by atoms with van der Waals surface area (Å²) >= 11 is 0. The third-order valence-electron chi connectivity index (χ3n) is 6.75. The van der Waals surface area contributed by atoms with Crippen LogP contribution < -0.4 is 0 Å². The molecule has 0 radical (unpaired) electrons. The fraction of sp³-hybridized carbons (Fsp3) is 0.385. The van der Waals surface area contributed by atoms with Crippen LogP contribution in [0.3, 0.4) is 0 Å². The van der Waals surface area contributed by atoms with E-state index >= 15 is 0 Å². The smallest absolute Gasteiger partial charge is 0.0690 e. The van der Waals surface area contributed by atoms with Gasteiger partial charge in [0.1, 0.15) is 0 Å². The van der Waals surface area contributed by atoms with E-state index in [9.17, 15) is 0 Å². The molecule has 2 aromatic carbocycles. The second-order valence-electron chi connectivity index (χ2n) is 9.58. The maximum atomic E-state index is 2.61. The first-order valence-corrected chi connectivity index (χ1v) is 13.3. The molecule has 1 unspecified atom stereocenters. The Morgan fingerprint density at radius 3 is 2.15 bits per heavy atom. The Kier molecular flexibility index (Phi) is 4.16. The van der Waals surface area contributed by atoms with Gasteiger partial charge in [0.2, 0.25) is 0 Å². The van der Waals surface area contributed by atoms with Crippen LogP contribution in [0.15, 0.2) is 35.4 Å². The van der Waals surface area contributed by atoms with Gasteiger partial charge in [-0.15, -0.1) is 0 Å². The lowest BCUT2D eigenvalue weighted by molar-refractivity contribution is 1.06. The lowest BCUT2D eigenvalue weighted by atomic mass is 10.00. The van der Waals surface area contributed by atoms with Crippen LogP contribution in [0, 0.1) is 27.7 Å². The van der Waals surface area contributed by atoms with E-state index in [4.69, 9.17) is 0 Å². The third-order valence-corrected chi connectivity index (χ3v) is 10.9. The molecule has 2 aromatic rings. The highest BCUT2D eigenvalue weighted by Crippen LogP contribution is 2.51. The molecule has 0 aromatic heterocycles. The number of benzene rings is 2. The van der Waals surface area contributed by atoms with Gasteiger partial charge in [-0.1, -0.05) is 70.9 Å². The summed E-state index contributed by atoms with van der Waals surface area (Å²) in [5.41, 5.74) is 15.7. The van der Waals surface area contributed by atoms with E-state index in [1.165, 1.54) is 27.8 Å². The van der Waals surface area contributed by atoms with Crippen LogP contribution in [0.1, 0.15) is 63.9 Å². The molecule has 1 heteroatoms. The van der Waals surface area contributed by atoms with Gasteiger partial charge >= 0.3 is 0 Å². The van der Waals surface area contributed by atoms with E-state index in [0.29, 0.717) is 5.54 Å². The van der Waals surface area contributed by atoms with Gasteiger partial charge in [0.15, 0.2) is 0 Å². The summed E-state index contributed by atoms with van der Waals surface area (Å²) in [5, 5.41) is 1.72. The van der Waals surface area contributed by atoms with Crippen molar-refractivity contribution >= 4 is 19.3 Å². The van der Waals surface area contributed by atoms with Gasteiger partial charge in [0.25, 0.3) is 0 Å². The van der Waals surface area contributed by atoms with Crippen LogP contribution in [0.5, 0.6) is 0 Å². The summed E-state index contributed by atoms with van der Waals surface area (Å²) in [6.07, 6.45) is 3.60. The highest BCUT2D eigenvalue weighted by molar-refractivity contribution is 6.96. The highest BCUT2D eigenvalue weighted by atomic mass is 28.3. The van der Waals surface area contributed by atoms with E-state index < -0.39 is 8.07 Å². The normalized spacial score (nSPS) is 18.7. The van der Waals surface area contributed by atoms with Crippen molar-refractivity contribution in [2.75, 3.05) is 0 Å². The van der Waals surface area contributed by atoms with Gasteiger partial charge in [0.05, 0.1) is 8.07 Å². The summed E-state index contributed by atoms with van der Waals surface area (Å²) in [5.74, 6) is 0. The van der Waals surface area contributed by atoms with Crippen molar-refractivity contribution in [3.05, 3.63) is 79.9 Å². The lowest BCUT2D eigenvalue weighted by Crippen LogP contribution is -2.37. The minimum atomic E-state index is -1.75. The molecule has 27 heavy (non-hydrogen) atoms. The Morgan fingerprint density at radius 1 is 0.815 bits per heavy atom. The third kappa shape index (κ3) is 2.70. The zero-order valence-electron chi connectivity index (χ0n) is 18.2. The van der Waals surface area contributed by atoms with Crippen molar-refractivity contribution in [1.82, 2.24) is 0 Å². The Bertz CT molecular complexity index is 1030. The average molecular weight is 373 g/mol. The van der Waals surface area contributed by atoms with Crippen LogP contribution in [0.2, 0.25) is 13.1 Å². The molecule has 2 aliphatic carbocycles. The summed E-state index contributed by atoms with van der Waals surface area (Å²) in [7, 11) is -1.75. The topological polar surface area (TPSA) is 0 Å². The predicted octanol–water partition coefficient (Wildman–Crippen LogP) is 7.24. The van der Waals surface area contributed by atoms with Crippen molar-refractivity contribution in [3.63, 3.8) is 0 Å². The van der Waals surface area contributed by atoms with Crippen LogP contribution in [-0.4, -0.2) is 8.07 Å². The van der Waals surface area contributed by atoms with Crippen LogP contribution >= 0.6 is 0 Å². The fourth-order valence-electron chi connectivity index (χ4n) is 6.17. The van der Waals surface area contributed by atoms with Gasteiger partial charge in [-0.25, -0.2) is 0 Å². The average Bonchev–Trinajstić information content (AvgIpc) is 3.03. The number of fused-ring (bicyclic) bond motifs is 2.